The van der Waals surface area contributed by atoms with Crippen molar-refractivity contribution in [2.45, 2.75) is 70.8 Å². The van der Waals surface area contributed by atoms with Crippen molar-refractivity contribution in [3.63, 3.8) is 0 Å². The molecule has 2 aromatic rings. The summed E-state index contributed by atoms with van der Waals surface area (Å²) < 4.78 is 33.1. The third-order valence-corrected chi connectivity index (χ3v) is 6.74. The highest BCUT2D eigenvalue weighted by atomic mass is 16.5. The molecule has 1 aliphatic rings. The van der Waals surface area contributed by atoms with E-state index in [-0.39, 0.29) is 43.9 Å². The Morgan fingerprint density at radius 1 is 0.878 bits per heavy atom. The van der Waals surface area contributed by atoms with Crippen molar-refractivity contribution in [2.75, 3.05) is 27.4 Å². The lowest BCUT2D eigenvalue weighted by molar-refractivity contribution is -0.143. The maximum absolute atomic E-state index is 13.3. The fraction of sp³-hybridized carbons (Fsp3) is 0.484. The van der Waals surface area contributed by atoms with E-state index in [2.05, 4.69) is 0 Å². The molecule has 0 aliphatic carbocycles. The molecule has 0 saturated heterocycles. The Kier molecular flexibility index (Phi) is 11.6. The number of Topliss-reactive ketones (excluding diaryl/α,β-unsaturated/α-hetero) is 1. The second kappa shape index (κ2) is 15.1. The van der Waals surface area contributed by atoms with E-state index >= 15 is 0 Å². The number of hydrogen-bond acceptors (Lipinski definition) is 10. The molecule has 0 saturated carbocycles. The Morgan fingerprint density at radius 3 is 2.07 bits per heavy atom. The first-order chi connectivity index (χ1) is 19.7. The van der Waals surface area contributed by atoms with Gasteiger partial charge in [-0.15, -0.1) is 0 Å². The molecule has 1 aliphatic heterocycles. The second-order valence-corrected chi connectivity index (χ2v) is 9.82. The highest BCUT2D eigenvalue weighted by molar-refractivity contribution is 6.01. The number of ketones is 1. The predicted molar refractivity (Wildman–Crippen MR) is 149 cm³/mol. The van der Waals surface area contributed by atoms with E-state index in [0.29, 0.717) is 54.6 Å². The van der Waals surface area contributed by atoms with E-state index in [1.165, 1.54) is 21.1 Å². The van der Waals surface area contributed by atoms with Crippen LogP contribution in [-0.2, 0) is 30.3 Å². The van der Waals surface area contributed by atoms with Crippen LogP contribution in [0.3, 0.4) is 0 Å². The van der Waals surface area contributed by atoms with Gasteiger partial charge in [-0.1, -0.05) is 13.3 Å². The molecule has 0 N–H and O–H groups in total. The van der Waals surface area contributed by atoms with Crippen LogP contribution in [0.5, 0.6) is 23.0 Å². The number of ether oxygens (including phenoxy) is 6. The molecular weight excluding hydrogens is 532 g/mol. The molecule has 0 bridgehead atoms. The quantitative estimate of drug-likeness (QED) is 0.164. The van der Waals surface area contributed by atoms with E-state index in [0.717, 1.165) is 12.0 Å². The summed E-state index contributed by atoms with van der Waals surface area (Å²) >= 11 is 0. The number of benzene rings is 2. The number of carbonyl (C=O) groups excluding carboxylic acids is 4. The van der Waals surface area contributed by atoms with E-state index in [1.807, 2.05) is 6.92 Å². The first-order valence-corrected chi connectivity index (χ1v) is 13.8. The van der Waals surface area contributed by atoms with Gasteiger partial charge in [0.1, 0.15) is 28.6 Å². The molecule has 222 valence electrons. The zero-order valence-electron chi connectivity index (χ0n) is 24.1. The van der Waals surface area contributed by atoms with Crippen molar-refractivity contribution in [3.8, 4) is 23.0 Å². The lowest BCUT2D eigenvalue weighted by atomic mass is 9.82. The van der Waals surface area contributed by atoms with Gasteiger partial charge in [-0.05, 0) is 55.7 Å². The van der Waals surface area contributed by atoms with Crippen LogP contribution in [0.2, 0.25) is 0 Å². The topological polar surface area (TPSA) is 124 Å². The molecule has 2 aromatic carbocycles. The van der Waals surface area contributed by atoms with Crippen molar-refractivity contribution in [1.82, 2.24) is 0 Å². The van der Waals surface area contributed by atoms with Gasteiger partial charge in [0.25, 0.3) is 0 Å². The van der Waals surface area contributed by atoms with Crippen LogP contribution in [0.4, 0.5) is 0 Å². The SMILES string of the molecule is CCCc1c(OCCCOc2ccc(OC(C)=O)cc2)ccc2c1OC(CCC(=O)OC)(CCC(=O)OC)CC2=O. The fourth-order valence-corrected chi connectivity index (χ4v) is 4.68. The Labute approximate surface area is 240 Å². The van der Waals surface area contributed by atoms with E-state index < -0.39 is 17.5 Å². The largest absolute Gasteiger partial charge is 0.493 e. The van der Waals surface area contributed by atoms with Crippen molar-refractivity contribution in [3.05, 3.63) is 47.5 Å². The van der Waals surface area contributed by atoms with Crippen LogP contribution in [-0.4, -0.2) is 56.7 Å². The summed E-state index contributed by atoms with van der Waals surface area (Å²) in [6.45, 7) is 4.14. The van der Waals surface area contributed by atoms with Gasteiger partial charge in [0.05, 0.1) is 39.4 Å². The summed E-state index contributed by atoms with van der Waals surface area (Å²) in [4.78, 5) is 48.3. The van der Waals surface area contributed by atoms with Crippen LogP contribution >= 0.6 is 0 Å². The normalized spacial score (nSPS) is 13.4. The Morgan fingerprint density at radius 2 is 1.49 bits per heavy atom. The van der Waals surface area contributed by atoms with Crippen molar-refractivity contribution in [1.29, 1.82) is 0 Å². The van der Waals surface area contributed by atoms with Crippen LogP contribution in [0.25, 0.3) is 0 Å². The van der Waals surface area contributed by atoms with Crippen LogP contribution in [0.1, 0.15) is 74.7 Å². The highest BCUT2D eigenvalue weighted by Crippen LogP contribution is 2.44. The fourth-order valence-electron chi connectivity index (χ4n) is 4.68. The minimum absolute atomic E-state index is 0.0406. The zero-order chi connectivity index (χ0) is 29.8. The van der Waals surface area contributed by atoms with Crippen LogP contribution in [0, 0.1) is 0 Å². The number of esters is 3. The summed E-state index contributed by atoms with van der Waals surface area (Å²) in [6, 6.07) is 10.3. The molecule has 0 fully saturated rings. The number of carbonyl (C=O) groups is 4. The molecule has 41 heavy (non-hydrogen) atoms. The molecule has 1 heterocycles. The number of fused-ring (bicyclic) bond motifs is 1. The summed E-state index contributed by atoms with van der Waals surface area (Å²) in [7, 11) is 2.61. The molecule has 10 nitrogen and oxygen atoms in total. The summed E-state index contributed by atoms with van der Waals surface area (Å²) in [6.07, 6.45) is 2.57. The van der Waals surface area contributed by atoms with E-state index in [4.69, 9.17) is 28.4 Å². The smallest absolute Gasteiger partial charge is 0.308 e. The average Bonchev–Trinajstić information content (AvgIpc) is 2.96. The summed E-state index contributed by atoms with van der Waals surface area (Å²) in [5, 5.41) is 0. The van der Waals surface area contributed by atoms with Gasteiger partial charge < -0.3 is 28.4 Å². The Hall–Kier alpha value is -4.08. The van der Waals surface area contributed by atoms with Crippen molar-refractivity contribution in [2.24, 2.45) is 0 Å². The highest BCUT2D eigenvalue weighted by Gasteiger charge is 2.42. The van der Waals surface area contributed by atoms with E-state index in [9.17, 15) is 19.2 Å². The van der Waals surface area contributed by atoms with Crippen LogP contribution in [0.15, 0.2) is 36.4 Å². The number of rotatable bonds is 15. The second-order valence-electron chi connectivity index (χ2n) is 9.82. The van der Waals surface area contributed by atoms with Gasteiger partial charge in [0, 0.05) is 31.7 Å². The standard InChI is InChI=1S/C31H38O10/c1-5-7-25-27(39-19-6-18-38-22-8-10-23(11-9-22)40-21(2)32)13-12-24-26(33)20-31(41-30(24)25,16-14-28(34)36-3)17-15-29(35)37-4/h8-13H,5-7,14-20H2,1-4H3. The molecule has 0 radical (unpaired) electrons. The molecule has 0 amide bonds. The maximum atomic E-state index is 13.3. The third kappa shape index (κ3) is 8.96. The summed E-state index contributed by atoms with van der Waals surface area (Å²) in [5.74, 6) is 0.810. The Balaban J connectivity index is 1.71. The lowest BCUT2D eigenvalue weighted by Gasteiger charge is -2.39. The van der Waals surface area contributed by atoms with Gasteiger partial charge in [-0.25, -0.2) is 0 Å². The average molecular weight is 571 g/mol. The molecular formula is C31H38O10. The van der Waals surface area contributed by atoms with Gasteiger partial charge in [0.2, 0.25) is 0 Å². The predicted octanol–water partition coefficient (Wildman–Crippen LogP) is 5.02. The third-order valence-electron chi connectivity index (χ3n) is 6.74. The summed E-state index contributed by atoms with van der Waals surface area (Å²) in [5.41, 5.74) is 0.195. The van der Waals surface area contributed by atoms with Crippen molar-refractivity contribution >= 4 is 23.7 Å². The number of hydrogen-bond donors (Lipinski definition) is 0. The molecule has 3 rings (SSSR count). The van der Waals surface area contributed by atoms with Gasteiger partial charge in [0.15, 0.2) is 5.78 Å². The van der Waals surface area contributed by atoms with E-state index in [1.54, 1.807) is 36.4 Å². The van der Waals surface area contributed by atoms with Gasteiger partial charge >= 0.3 is 17.9 Å². The van der Waals surface area contributed by atoms with Gasteiger partial charge in [-0.2, -0.15) is 0 Å². The lowest BCUT2D eigenvalue weighted by Crippen LogP contribution is -2.43. The molecule has 0 unspecified atom stereocenters. The molecule has 0 spiro atoms. The minimum Gasteiger partial charge on any atom is -0.493 e. The molecule has 10 heteroatoms. The first-order valence-electron chi connectivity index (χ1n) is 13.8. The number of methoxy groups -OCH3 is 2. The van der Waals surface area contributed by atoms with Gasteiger partial charge in [-0.3, -0.25) is 19.2 Å². The van der Waals surface area contributed by atoms with Crippen molar-refractivity contribution < 1.29 is 47.6 Å². The minimum atomic E-state index is -1.05. The monoisotopic (exact) mass is 570 g/mol. The molecule has 0 atom stereocenters. The molecule has 0 aromatic heterocycles. The first kappa shape index (κ1) is 31.4. The zero-order valence-corrected chi connectivity index (χ0v) is 24.1. The Bertz CT molecular complexity index is 1200. The van der Waals surface area contributed by atoms with Crippen LogP contribution < -0.4 is 18.9 Å². The maximum Gasteiger partial charge on any atom is 0.308 e.